The summed E-state index contributed by atoms with van der Waals surface area (Å²) in [4.78, 5) is 108. The van der Waals surface area contributed by atoms with Crippen LogP contribution in [-0.2, 0) is 37.7 Å². The summed E-state index contributed by atoms with van der Waals surface area (Å²) < 4.78 is 48.2. The molecular formula is C58H87N5O17P2. The SMILES string of the molecule is CCCC(=O)OCCN(CCCCC(P(=O)(O)O)P(=O)(O)O)CC(=O)O[C@@H]1[C@@H](C)[C@@H](O)[C@@H](C)[C@H](C)[C@H](C)[C@@H](C)/C=C/O[C@@]2(C)Oc3c(C)c(O)c4c(O)c(c5c(c4c3C2=O)NC2(CCN(CC(C)C)CC2)N=5)=NC(=O)/C(C)=C\C=C\[C@@H]1C. The molecule has 5 bridgehead atoms. The Labute approximate surface area is 480 Å². The van der Waals surface area contributed by atoms with Crippen molar-refractivity contribution in [2.24, 2.45) is 51.4 Å². The van der Waals surface area contributed by atoms with Gasteiger partial charge in [0.05, 0.1) is 35.5 Å². The maximum atomic E-state index is 14.9. The number of unbranched alkanes of at least 4 members (excludes halogenated alkanes) is 1. The monoisotopic (exact) mass is 1190 g/mol. The molecule has 1 spiro atoms. The van der Waals surface area contributed by atoms with Gasteiger partial charge in [-0.1, -0.05) is 87.0 Å². The number of hydrogen-bond donors (Lipinski definition) is 8. The summed E-state index contributed by atoms with van der Waals surface area (Å²) in [5, 5.41) is 37.9. The van der Waals surface area contributed by atoms with E-state index in [-0.39, 0.29) is 119 Å². The van der Waals surface area contributed by atoms with E-state index in [4.69, 9.17) is 23.9 Å². The van der Waals surface area contributed by atoms with Crippen LogP contribution >= 0.6 is 15.2 Å². The molecule has 8 N–H and O–H groups in total. The smallest absolute Gasteiger partial charge is 0.340 e. The van der Waals surface area contributed by atoms with Crippen LogP contribution in [0.25, 0.3) is 10.8 Å². The number of hydrogen-bond acceptors (Lipinski definition) is 17. The van der Waals surface area contributed by atoms with E-state index >= 15 is 0 Å². The Morgan fingerprint density at radius 2 is 1.54 bits per heavy atom. The van der Waals surface area contributed by atoms with Crippen molar-refractivity contribution in [3.8, 4) is 17.2 Å². The minimum atomic E-state index is -5.16. The number of aliphatic hydroxyl groups excluding tert-OH is 1. The minimum absolute atomic E-state index is 0.0246. The third kappa shape index (κ3) is 15.1. The number of rotatable bonds is 17. The second-order valence-corrected chi connectivity index (χ2v) is 27.8. The molecule has 1 fully saturated rings. The molecule has 1 amide bonds. The molecule has 0 aliphatic carbocycles. The maximum absolute atomic E-state index is 14.9. The summed E-state index contributed by atoms with van der Waals surface area (Å²) in [5.74, 6) is -6.98. The zero-order valence-corrected chi connectivity index (χ0v) is 51.2. The van der Waals surface area contributed by atoms with E-state index in [9.17, 15) is 63.2 Å². The van der Waals surface area contributed by atoms with Crippen molar-refractivity contribution < 1.29 is 82.1 Å². The zero-order valence-electron chi connectivity index (χ0n) is 49.5. The molecule has 5 aliphatic rings. The fourth-order valence-electron chi connectivity index (χ4n) is 11.6. The van der Waals surface area contributed by atoms with Gasteiger partial charge in [0.2, 0.25) is 0 Å². The number of piperidine rings is 1. The molecule has 82 heavy (non-hydrogen) atoms. The topological polar surface area (TPSA) is 324 Å². The number of esters is 2. The molecule has 2 aromatic carbocycles. The van der Waals surface area contributed by atoms with E-state index < -0.39 is 91.9 Å². The lowest BCUT2D eigenvalue weighted by molar-refractivity contribution is -0.159. The molecule has 22 nitrogen and oxygen atoms in total. The molecule has 1 saturated heterocycles. The Hall–Kier alpha value is -5.02. The Kier molecular flexibility index (Phi) is 21.7. The maximum Gasteiger partial charge on any atom is 0.340 e. The van der Waals surface area contributed by atoms with Crippen molar-refractivity contribution >= 4 is 55.3 Å². The van der Waals surface area contributed by atoms with Crippen LogP contribution in [0, 0.1) is 48.3 Å². The van der Waals surface area contributed by atoms with Crippen LogP contribution in [0.3, 0.4) is 0 Å². The molecular weight excluding hydrogens is 1100 g/mol. The molecule has 5 aliphatic heterocycles. The van der Waals surface area contributed by atoms with E-state index in [0.29, 0.717) is 44.0 Å². The molecule has 0 unspecified atom stereocenters. The molecule has 24 heteroatoms. The number of ether oxygens (including phenoxy) is 4. The van der Waals surface area contributed by atoms with Crippen LogP contribution in [0.4, 0.5) is 5.69 Å². The van der Waals surface area contributed by atoms with E-state index in [0.717, 1.165) is 6.54 Å². The Morgan fingerprint density at radius 1 is 0.878 bits per heavy atom. The zero-order chi connectivity index (χ0) is 61.0. The van der Waals surface area contributed by atoms with E-state index in [1.54, 1.807) is 43.9 Å². The predicted molar refractivity (Wildman–Crippen MR) is 308 cm³/mol. The number of amides is 1. The Morgan fingerprint density at radius 3 is 2.16 bits per heavy atom. The summed E-state index contributed by atoms with van der Waals surface area (Å²) in [7, 11) is -10.3. The molecule has 0 saturated carbocycles. The van der Waals surface area contributed by atoms with Gasteiger partial charge >= 0.3 is 32.9 Å². The molecule has 0 aromatic heterocycles. The average molecular weight is 1190 g/mol. The highest BCUT2D eigenvalue weighted by Gasteiger charge is 2.51. The number of nitrogens with zero attached hydrogens (tertiary/aromatic N) is 4. The number of phenolic OH excluding ortho intramolecular Hbond substituents is 2. The van der Waals surface area contributed by atoms with Gasteiger partial charge in [0.25, 0.3) is 11.7 Å². The van der Waals surface area contributed by atoms with Crippen LogP contribution in [0.5, 0.6) is 17.2 Å². The van der Waals surface area contributed by atoms with Crippen molar-refractivity contribution in [1.29, 1.82) is 0 Å². The number of aromatic hydroxyl groups is 2. The summed E-state index contributed by atoms with van der Waals surface area (Å²) >= 11 is 0. The number of phenols is 2. The van der Waals surface area contributed by atoms with Crippen molar-refractivity contribution in [3.05, 3.63) is 58.0 Å². The second-order valence-electron chi connectivity index (χ2n) is 23.8. The van der Waals surface area contributed by atoms with Crippen LogP contribution in [0.15, 0.2) is 46.1 Å². The standard InChI is InChI=1S/C58H87N5O17P2/c1-13-17-41(64)77-29-27-62(24-15-14-20-43(81(71,72)73)82(74,75)76)31-42(65)79-53-34(5)18-16-19-35(6)56(70)59-49-48-47(60-58(61-48)22-25-63(26-23-58)30-32(2)3)44-45(52(49)68)51(67)40(11)54-46(44)55(69)57(12,80-54)78-28-21-33(4)36(7)37(8)38(9)50(66)39(53)10/h16,18-19,21,28,32-34,36-39,43,50,53,60,66-68H,13-15,17,20,22-27,29-31H2,1-12H3,(H2,71,72,73)(H2,74,75,76)/b18-16+,28-21+,35-19-,59-49?/t33-,34-,36+,37+,38-,39-,50-,53-,57-/m0/s1. The number of likely N-dealkylation sites (tertiary alicyclic amines) is 1. The highest BCUT2D eigenvalue weighted by atomic mass is 31.2. The largest absolute Gasteiger partial charge is 0.507 e. The third-order valence-corrected chi connectivity index (χ3v) is 20.9. The van der Waals surface area contributed by atoms with Gasteiger partial charge in [0.1, 0.15) is 40.6 Å². The first kappa shape index (κ1) is 66.1. The number of carbonyl (C=O) groups excluding carboxylic acids is 4. The number of nitrogens with one attached hydrogen (secondary N) is 1. The summed E-state index contributed by atoms with van der Waals surface area (Å²) in [6, 6.07) is 0. The van der Waals surface area contributed by atoms with Gasteiger partial charge in [-0.15, -0.1) is 0 Å². The molecule has 0 radical (unpaired) electrons. The van der Waals surface area contributed by atoms with Crippen molar-refractivity contribution in [2.75, 3.05) is 51.2 Å². The number of fused-ring (bicyclic) bond motifs is 13. The number of carbonyl (C=O) groups is 4. The molecule has 456 valence electrons. The minimum Gasteiger partial charge on any atom is -0.507 e. The van der Waals surface area contributed by atoms with Crippen molar-refractivity contribution in [1.82, 2.24) is 9.80 Å². The quantitative estimate of drug-likeness (QED) is 0.0338. The van der Waals surface area contributed by atoms with E-state index in [2.05, 4.69) is 29.1 Å². The predicted octanol–water partition coefficient (Wildman–Crippen LogP) is 7.12. The highest BCUT2D eigenvalue weighted by Crippen LogP contribution is 2.61. The van der Waals surface area contributed by atoms with Crippen LogP contribution in [-0.4, -0.2) is 143 Å². The first-order chi connectivity index (χ1) is 38.2. The lowest BCUT2D eigenvalue weighted by Crippen LogP contribution is -2.47. The number of ketones is 1. The molecule has 2 aromatic rings. The van der Waals surface area contributed by atoms with Crippen LogP contribution < -0.4 is 20.8 Å². The Bertz CT molecular complexity index is 3010. The van der Waals surface area contributed by atoms with Gasteiger partial charge in [-0.05, 0) is 75.3 Å². The van der Waals surface area contributed by atoms with Gasteiger partial charge in [0, 0.05) is 80.7 Å². The Balaban J connectivity index is 1.40. The van der Waals surface area contributed by atoms with Gasteiger partial charge in [-0.2, -0.15) is 0 Å². The first-order valence-corrected chi connectivity index (χ1v) is 32.0. The fraction of sp³-hybridized carbons (Fsp3) is 0.655. The lowest BCUT2D eigenvalue weighted by Gasteiger charge is -2.38. The van der Waals surface area contributed by atoms with Crippen molar-refractivity contribution in [3.63, 3.8) is 0 Å². The number of anilines is 1. The summed E-state index contributed by atoms with van der Waals surface area (Å²) in [5.41, 5.74) is -0.242. The highest BCUT2D eigenvalue weighted by molar-refractivity contribution is 7.70. The third-order valence-electron chi connectivity index (χ3n) is 17.1. The van der Waals surface area contributed by atoms with E-state index in [1.807, 2.05) is 34.6 Å². The van der Waals surface area contributed by atoms with Gasteiger partial charge in [0.15, 0.2) is 11.1 Å². The van der Waals surface area contributed by atoms with Crippen LogP contribution in [0.1, 0.15) is 137 Å². The van der Waals surface area contributed by atoms with Gasteiger partial charge < -0.3 is 64.1 Å². The second kappa shape index (κ2) is 26.9. The normalized spacial score (nSPS) is 27.8. The molecule has 5 heterocycles. The number of benzene rings is 2. The van der Waals surface area contributed by atoms with Crippen molar-refractivity contribution in [2.45, 2.75) is 157 Å². The van der Waals surface area contributed by atoms with Crippen LogP contribution in [0.2, 0.25) is 0 Å². The van der Waals surface area contributed by atoms with Gasteiger partial charge in [-0.25, -0.2) is 4.99 Å². The molecule has 7 rings (SSSR count). The molecule has 9 atom stereocenters. The lowest BCUT2D eigenvalue weighted by atomic mass is 9.72. The number of allylic oxidation sites excluding steroid dienone is 3. The number of Topliss-reactive ketones (excluding diaryl/α,β-unsaturated/α-hetero) is 1. The first-order valence-electron chi connectivity index (χ1n) is 28.6. The van der Waals surface area contributed by atoms with Gasteiger partial charge in [-0.3, -0.25) is 38.2 Å². The fourth-order valence-corrected chi connectivity index (χ4v) is 14.2. The summed E-state index contributed by atoms with van der Waals surface area (Å²) in [6.45, 7) is 24.1. The summed E-state index contributed by atoms with van der Waals surface area (Å²) in [6.07, 6.45) is 7.47. The average Bonchev–Trinajstić information content (AvgIpc) is 3.55. The number of aliphatic hydroxyl groups is 1. The van der Waals surface area contributed by atoms with E-state index in [1.165, 1.54) is 26.2 Å².